The molecule has 3 N–H and O–H groups in total. The minimum atomic E-state index is -3.38. The van der Waals surface area contributed by atoms with Crippen molar-refractivity contribution in [3.8, 4) is 29.1 Å². The fourth-order valence-electron chi connectivity index (χ4n) is 3.59. The maximum Gasteiger partial charge on any atom is 0.220 e. The lowest BCUT2D eigenvalue weighted by Gasteiger charge is -2.14. The second-order valence-electron chi connectivity index (χ2n) is 9.33. The number of aliphatic hydroxyl groups is 1. The molecule has 0 amide bonds. The Kier molecular flexibility index (Phi) is 6.94. The molecule has 37 heavy (non-hydrogen) atoms. The van der Waals surface area contributed by atoms with Crippen molar-refractivity contribution in [3.63, 3.8) is 0 Å². The van der Waals surface area contributed by atoms with E-state index in [-0.39, 0.29) is 18.5 Å². The molecule has 0 unspecified atom stereocenters. The molecule has 0 saturated heterocycles. The molecule has 4 aromatic rings. The number of hydrogen-bond acceptors (Lipinski definition) is 9. The van der Waals surface area contributed by atoms with Crippen LogP contribution in [-0.2, 0) is 16.9 Å². The van der Waals surface area contributed by atoms with Crippen molar-refractivity contribution >= 4 is 32.4 Å². The van der Waals surface area contributed by atoms with E-state index in [9.17, 15) is 18.6 Å². The van der Waals surface area contributed by atoms with Gasteiger partial charge < -0.3 is 20.1 Å². The van der Waals surface area contributed by atoms with E-state index in [1.54, 1.807) is 39.4 Å². The smallest absolute Gasteiger partial charge is 0.220 e. The Morgan fingerprint density at radius 3 is 2.62 bits per heavy atom. The van der Waals surface area contributed by atoms with E-state index < -0.39 is 14.6 Å². The van der Waals surface area contributed by atoms with Gasteiger partial charge >= 0.3 is 0 Å². The molecule has 4 rings (SSSR count). The number of aromatic nitrogens is 6. The van der Waals surface area contributed by atoms with Gasteiger partial charge in [0.15, 0.2) is 15.7 Å². The van der Waals surface area contributed by atoms with E-state index in [1.165, 1.54) is 17.1 Å². The lowest BCUT2D eigenvalue weighted by atomic mass is 10.1. The average Bonchev–Trinajstić information content (AvgIpc) is 3.37. The largest absolute Gasteiger partial charge is 0.493 e. The number of rotatable bonds is 7. The molecule has 0 aliphatic carbocycles. The van der Waals surface area contributed by atoms with Gasteiger partial charge in [0.1, 0.15) is 21.9 Å². The molecule has 0 radical (unpaired) electrons. The summed E-state index contributed by atoms with van der Waals surface area (Å²) in [5, 5.41) is 27.6. The zero-order chi connectivity index (χ0) is 27.0. The monoisotopic (exact) mass is 523 g/mol. The zero-order valence-corrected chi connectivity index (χ0v) is 22.1. The SMILES string of the molecule is C[C@@H](CCO)n1cc(C#CC(C)(C)S(C)(=O)=O)c2cnc(Nc3ccnc(-c4cnn(C)c4O)n3)cc21. The Hall–Kier alpha value is -3.95. The molecule has 0 saturated carbocycles. The number of anilines is 2. The molecule has 194 valence electrons. The molecule has 4 heterocycles. The molecule has 11 nitrogen and oxygen atoms in total. The van der Waals surface area contributed by atoms with Crippen molar-refractivity contribution in [1.29, 1.82) is 0 Å². The van der Waals surface area contributed by atoms with Crippen LogP contribution >= 0.6 is 0 Å². The van der Waals surface area contributed by atoms with Crippen molar-refractivity contribution in [2.24, 2.45) is 7.05 Å². The highest BCUT2D eigenvalue weighted by atomic mass is 32.2. The lowest BCUT2D eigenvalue weighted by Crippen LogP contribution is -2.28. The third-order valence-electron chi connectivity index (χ3n) is 6.23. The van der Waals surface area contributed by atoms with Crippen LogP contribution in [0, 0.1) is 11.8 Å². The summed E-state index contributed by atoms with van der Waals surface area (Å²) in [5.74, 6) is 7.16. The van der Waals surface area contributed by atoms with E-state index in [4.69, 9.17) is 0 Å². The van der Waals surface area contributed by atoms with Crippen molar-refractivity contribution in [2.45, 2.75) is 38.0 Å². The minimum Gasteiger partial charge on any atom is -0.493 e. The van der Waals surface area contributed by atoms with Gasteiger partial charge in [-0.15, -0.1) is 0 Å². The summed E-state index contributed by atoms with van der Waals surface area (Å²) < 4.78 is 26.3. The standard InChI is InChI=1S/C25H29N7O4S/c1-16(8-11-33)32-15-17(6-9-25(2,3)37(5,35)36)18-13-27-22(12-20(18)32)29-21-7-10-26-23(30-21)19-14-28-31(4)24(19)34/h7,10,12-16,33-34H,8,11H2,1-5H3,(H,26,27,29,30)/t16-/m0/s1. The Morgan fingerprint density at radius 2 is 1.97 bits per heavy atom. The quantitative estimate of drug-likeness (QED) is 0.311. The second kappa shape index (κ2) is 9.84. The van der Waals surface area contributed by atoms with Gasteiger partial charge in [-0.05, 0) is 33.3 Å². The number of nitrogens with one attached hydrogen (secondary N) is 1. The molecule has 0 bridgehead atoms. The van der Waals surface area contributed by atoms with Gasteiger partial charge in [0, 0.05) is 56.0 Å². The van der Waals surface area contributed by atoms with Gasteiger partial charge in [-0.3, -0.25) is 0 Å². The molecule has 12 heteroatoms. The molecule has 0 aliphatic heterocycles. The van der Waals surface area contributed by atoms with Crippen molar-refractivity contribution < 1.29 is 18.6 Å². The average molecular weight is 524 g/mol. The van der Waals surface area contributed by atoms with E-state index in [0.717, 1.165) is 10.9 Å². The molecular formula is C25H29N7O4S. The summed E-state index contributed by atoms with van der Waals surface area (Å²) in [6, 6.07) is 3.49. The first-order chi connectivity index (χ1) is 17.4. The van der Waals surface area contributed by atoms with Crippen LogP contribution in [0.1, 0.15) is 38.8 Å². The number of sulfone groups is 1. The van der Waals surface area contributed by atoms with Crippen molar-refractivity contribution in [1.82, 2.24) is 29.3 Å². The third-order valence-corrected chi connectivity index (χ3v) is 8.18. The predicted molar refractivity (Wildman–Crippen MR) is 141 cm³/mol. The molecule has 0 aliphatic rings. The molecule has 0 aromatic carbocycles. The number of aromatic hydroxyl groups is 1. The van der Waals surface area contributed by atoms with Crippen LogP contribution in [0.2, 0.25) is 0 Å². The molecule has 1 atom stereocenters. The van der Waals surface area contributed by atoms with Crippen molar-refractivity contribution in [2.75, 3.05) is 18.2 Å². The number of aryl methyl sites for hydroxylation is 1. The maximum absolute atomic E-state index is 12.1. The van der Waals surface area contributed by atoms with Crippen LogP contribution in [0.25, 0.3) is 22.3 Å². The Morgan fingerprint density at radius 1 is 1.22 bits per heavy atom. The minimum absolute atomic E-state index is 0.0179. The normalized spacial score (nSPS) is 12.8. The Bertz CT molecular complexity index is 1630. The zero-order valence-electron chi connectivity index (χ0n) is 21.3. The lowest BCUT2D eigenvalue weighted by molar-refractivity contribution is 0.264. The topological polar surface area (TPSA) is 148 Å². The van der Waals surface area contributed by atoms with Crippen LogP contribution in [0.15, 0.2) is 36.9 Å². The third kappa shape index (κ3) is 5.28. The van der Waals surface area contributed by atoms with Crippen LogP contribution in [-0.4, -0.2) is 65.5 Å². The van der Waals surface area contributed by atoms with Crippen LogP contribution in [0.5, 0.6) is 5.88 Å². The van der Waals surface area contributed by atoms with Gasteiger partial charge in [0.2, 0.25) is 5.88 Å². The summed E-state index contributed by atoms with van der Waals surface area (Å²) in [4.78, 5) is 13.2. The summed E-state index contributed by atoms with van der Waals surface area (Å²) >= 11 is 0. The highest BCUT2D eigenvalue weighted by molar-refractivity contribution is 7.92. The first-order valence-electron chi connectivity index (χ1n) is 11.6. The fraction of sp³-hybridized carbons (Fsp3) is 0.360. The molecule has 0 fully saturated rings. The fourth-order valence-corrected chi connectivity index (χ4v) is 3.83. The summed E-state index contributed by atoms with van der Waals surface area (Å²) in [6.45, 7) is 5.15. The molecular weight excluding hydrogens is 494 g/mol. The van der Waals surface area contributed by atoms with E-state index in [0.29, 0.717) is 35.0 Å². The summed E-state index contributed by atoms with van der Waals surface area (Å²) in [6.07, 6.45) is 8.28. The van der Waals surface area contributed by atoms with Crippen LogP contribution in [0.4, 0.5) is 11.6 Å². The van der Waals surface area contributed by atoms with Gasteiger partial charge in [-0.2, -0.15) is 5.10 Å². The van der Waals surface area contributed by atoms with E-state index in [2.05, 4.69) is 37.2 Å². The Balaban J connectivity index is 1.74. The summed E-state index contributed by atoms with van der Waals surface area (Å²) in [5.41, 5.74) is 1.87. The van der Waals surface area contributed by atoms with Gasteiger partial charge in [-0.1, -0.05) is 11.8 Å². The highest BCUT2D eigenvalue weighted by Crippen LogP contribution is 2.29. The van der Waals surface area contributed by atoms with Crippen LogP contribution in [0.3, 0.4) is 0 Å². The highest BCUT2D eigenvalue weighted by Gasteiger charge is 2.27. The molecule has 4 aromatic heterocycles. The number of nitrogens with zero attached hydrogens (tertiary/aromatic N) is 6. The maximum atomic E-state index is 12.1. The van der Waals surface area contributed by atoms with Gasteiger partial charge in [0.25, 0.3) is 0 Å². The number of fused-ring (bicyclic) bond motifs is 1. The number of pyridine rings is 1. The Labute approximate surface area is 215 Å². The first kappa shape index (κ1) is 26.1. The second-order valence-corrected chi connectivity index (χ2v) is 11.9. The number of hydrogen-bond donors (Lipinski definition) is 3. The van der Waals surface area contributed by atoms with Gasteiger partial charge in [-0.25, -0.2) is 28.1 Å². The van der Waals surface area contributed by atoms with Crippen molar-refractivity contribution in [3.05, 3.63) is 42.5 Å². The van der Waals surface area contributed by atoms with Crippen LogP contribution < -0.4 is 5.32 Å². The molecule has 0 spiro atoms. The first-order valence-corrected chi connectivity index (χ1v) is 13.5. The van der Waals surface area contributed by atoms with E-state index in [1.807, 2.05) is 23.8 Å². The van der Waals surface area contributed by atoms with Gasteiger partial charge in [0.05, 0.1) is 17.3 Å². The summed E-state index contributed by atoms with van der Waals surface area (Å²) in [7, 11) is -1.76. The van der Waals surface area contributed by atoms with E-state index >= 15 is 0 Å². The predicted octanol–water partition coefficient (Wildman–Crippen LogP) is 2.79. The number of aliphatic hydroxyl groups excluding tert-OH is 1.